The summed E-state index contributed by atoms with van der Waals surface area (Å²) >= 11 is 0. The molecule has 3 heteroatoms. The Hall–Kier alpha value is -2.13. The van der Waals surface area contributed by atoms with E-state index in [1.54, 1.807) is 0 Å². The fourth-order valence-corrected chi connectivity index (χ4v) is 2.27. The molecule has 0 aliphatic rings. The third kappa shape index (κ3) is 3.92. The zero-order chi connectivity index (χ0) is 15.2. The lowest BCUT2D eigenvalue weighted by atomic mass is 10.0. The Morgan fingerprint density at radius 3 is 2.19 bits per heavy atom. The normalized spacial score (nSPS) is 13.5. The molecule has 2 aromatic rings. The van der Waals surface area contributed by atoms with Crippen molar-refractivity contribution in [2.45, 2.75) is 25.9 Å². The highest BCUT2D eigenvalue weighted by Gasteiger charge is 2.23. The van der Waals surface area contributed by atoms with Crippen LogP contribution in [0.15, 0.2) is 54.6 Å². The van der Waals surface area contributed by atoms with Gasteiger partial charge in [0.2, 0.25) is 0 Å². The summed E-state index contributed by atoms with van der Waals surface area (Å²) < 4.78 is 4.92. The lowest BCUT2D eigenvalue weighted by molar-refractivity contribution is -0.143. The van der Waals surface area contributed by atoms with Crippen LogP contribution in [0.4, 0.5) is 0 Å². The van der Waals surface area contributed by atoms with E-state index in [9.17, 15) is 4.79 Å². The van der Waals surface area contributed by atoms with Gasteiger partial charge in [-0.05, 0) is 25.0 Å². The number of hydrogen-bond acceptors (Lipinski definition) is 3. The van der Waals surface area contributed by atoms with E-state index in [-0.39, 0.29) is 12.0 Å². The first-order chi connectivity index (χ1) is 10.1. The number of methoxy groups -OCH3 is 1. The van der Waals surface area contributed by atoms with Crippen LogP contribution in [0.2, 0.25) is 0 Å². The van der Waals surface area contributed by atoms with E-state index in [1.165, 1.54) is 12.7 Å². The van der Waals surface area contributed by atoms with E-state index < -0.39 is 6.04 Å². The van der Waals surface area contributed by atoms with E-state index in [4.69, 9.17) is 4.74 Å². The van der Waals surface area contributed by atoms with Crippen molar-refractivity contribution in [2.75, 3.05) is 7.11 Å². The van der Waals surface area contributed by atoms with Gasteiger partial charge < -0.3 is 4.74 Å². The monoisotopic (exact) mass is 283 g/mol. The number of hydrogen-bond donors (Lipinski definition) is 1. The van der Waals surface area contributed by atoms with Gasteiger partial charge in [0, 0.05) is 6.04 Å². The largest absolute Gasteiger partial charge is 0.468 e. The molecule has 0 aliphatic carbocycles. The third-order valence-electron chi connectivity index (χ3n) is 3.56. The fraction of sp³-hybridized carbons (Fsp3) is 0.278. The van der Waals surface area contributed by atoms with Crippen LogP contribution in [0.3, 0.4) is 0 Å². The van der Waals surface area contributed by atoms with Gasteiger partial charge in [0.1, 0.15) is 6.04 Å². The summed E-state index contributed by atoms with van der Waals surface area (Å²) in [4.78, 5) is 12.0. The molecule has 0 spiro atoms. The highest BCUT2D eigenvalue weighted by Crippen LogP contribution is 2.21. The number of carbonyl (C=O) groups is 1. The topological polar surface area (TPSA) is 38.3 Å². The summed E-state index contributed by atoms with van der Waals surface area (Å²) in [6, 6.07) is 17.5. The number of ether oxygens (including phenoxy) is 1. The maximum atomic E-state index is 12.0. The van der Waals surface area contributed by atoms with Crippen molar-refractivity contribution in [3.8, 4) is 0 Å². The highest BCUT2D eigenvalue weighted by molar-refractivity contribution is 5.77. The molecular weight excluding hydrogens is 262 g/mol. The Morgan fingerprint density at radius 2 is 1.62 bits per heavy atom. The minimum atomic E-state index is -0.465. The molecule has 1 N–H and O–H groups in total. The number of benzene rings is 2. The molecular formula is C18H21NO2. The maximum absolute atomic E-state index is 12.0. The fourth-order valence-electron chi connectivity index (χ4n) is 2.27. The molecule has 0 heterocycles. The third-order valence-corrected chi connectivity index (χ3v) is 3.56. The number of nitrogens with one attached hydrogen (secondary N) is 1. The molecule has 0 fully saturated rings. The molecule has 0 aromatic heterocycles. The Balaban J connectivity index is 2.19. The second kappa shape index (κ2) is 7.04. The van der Waals surface area contributed by atoms with Crippen molar-refractivity contribution >= 4 is 5.97 Å². The van der Waals surface area contributed by atoms with Crippen LogP contribution >= 0.6 is 0 Å². The smallest absolute Gasteiger partial charge is 0.327 e. The average molecular weight is 283 g/mol. The summed E-state index contributed by atoms with van der Waals surface area (Å²) in [5.74, 6) is -0.278. The van der Waals surface area contributed by atoms with Gasteiger partial charge in [0.15, 0.2) is 0 Å². The van der Waals surface area contributed by atoms with Crippen molar-refractivity contribution in [3.63, 3.8) is 0 Å². The first-order valence-electron chi connectivity index (χ1n) is 7.07. The lowest BCUT2D eigenvalue weighted by Gasteiger charge is -2.22. The van der Waals surface area contributed by atoms with Crippen LogP contribution in [0.1, 0.15) is 35.7 Å². The minimum absolute atomic E-state index is 0.0508. The second-order valence-electron chi connectivity index (χ2n) is 5.17. The number of rotatable bonds is 5. The van der Waals surface area contributed by atoms with E-state index in [0.717, 1.165) is 11.1 Å². The molecule has 3 nitrogen and oxygen atoms in total. The van der Waals surface area contributed by atoms with Gasteiger partial charge in [0.05, 0.1) is 7.11 Å². The number of esters is 1. The van der Waals surface area contributed by atoms with Crippen LogP contribution in [-0.2, 0) is 9.53 Å². The highest BCUT2D eigenvalue weighted by atomic mass is 16.5. The standard InChI is InChI=1S/C18H21NO2/c1-13-9-11-15(12-10-13)14(2)19-17(18(20)21-3)16-7-5-4-6-8-16/h4-12,14,17,19H,1-3H3. The zero-order valence-corrected chi connectivity index (χ0v) is 12.7. The van der Waals surface area contributed by atoms with Crippen LogP contribution in [0, 0.1) is 6.92 Å². The lowest BCUT2D eigenvalue weighted by Crippen LogP contribution is -2.31. The van der Waals surface area contributed by atoms with Gasteiger partial charge in [-0.2, -0.15) is 0 Å². The Labute approximate surface area is 126 Å². The Bertz CT molecular complexity index is 578. The number of carbonyl (C=O) groups excluding carboxylic acids is 1. The van der Waals surface area contributed by atoms with E-state index in [0.29, 0.717) is 0 Å². The van der Waals surface area contributed by atoms with Crippen molar-refractivity contribution in [3.05, 3.63) is 71.3 Å². The molecule has 110 valence electrons. The Morgan fingerprint density at radius 1 is 1.00 bits per heavy atom. The van der Waals surface area contributed by atoms with Crippen molar-refractivity contribution in [2.24, 2.45) is 0 Å². The summed E-state index contributed by atoms with van der Waals surface area (Å²) in [7, 11) is 1.41. The summed E-state index contributed by atoms with van der Waals surface area (Å²) in [5, 5.41) is 3.35. The van der Waals surface area contributed by atoms with Crippen molar-refractivity contribution in [1.29, 1.82) is 0 Å². The van der Waals surface area contributed by atoms with E-state index in [2.05, 4.69) is 36.5 Å². The summed E-state index contributed by atoms with van der Waals surface area (Å²) in [6.45, 7) is 4.10. The summed E-state index contributed by atoms with van der Waals surface area (Å²) in [5.41, 5.74) is 3.27. The van der Waals surface area contributed by atoms with Gasteiger partial charge in [-0.25, -0.2) is 4.79 Å². The van der Waals surface area contributed by atoms with Gasteiger partial charge in [-0.15, -0.1) is 0 Å². The minimum Gasteiger partial charge on any atom is -0.468 e. The first-order valence-corrected chi connectivity index (χ1v) is 7.07. The number of aryl methyl sites for hydroxylation is 1. The van der Waals surface area contributed by atoms with Gasteiger partial charge in [-0.3, -0.25) is 5.32 Å². The van der Waals surface area contributed by atoms with Crippen molar-refractivity contribution < 1.29 is 9.53 Å². The van der Waals surface area contributed by atoms with E-state index >= 15 is 0 Å². The molecule has 0 aliphatic heterocycles. The molecule has 2 aromatic carbocycles. The molecule has 0 radical (unpaired) electrons. The molecule has 0 amide bonds. The predicted molar refractivity (Wildman–Crippen MR) is 83.9 cm³/mol. The maximum Gasteiger partial charge on any atom is 0.327 e. The molecule has 2 rings (SSSR count). The molecule has 0 saturated heterocycles. The van der Waals surface area contributed by atoms with Gasteiger partial charge in [-0.1, -0.05) is 60.2 Å². The van der Waals surface area contributed by atoms with Crippen LogP contribution in [0.5, 0.6) is 0 Å². The second-order valence-corrected chi connectivity index (χ2v) is 5.17. The van der Waals surface area contributed by atoms with Gasteiger partial charge >= 0.3 is 5.97 Å². The first kappa shape index (κ1) is 15.3. The molecule has 2 atom stereocenters. The van der Waals surface area contributed by atoms with Crippen LogP contribution < -0.4 is 5.32 Å². The van der Waals surface area contributed by atoms with Gasteiger partial charge in [0.25, 0.3) is 0 Å². The molecule has 21 heavy (non-hydrogen) atoms. The predicted octanol–water partition coefficient (Wildman–Crippen LogP) is 3.56. The zero-order valence-electron chi connectivity index (χ0n) is 12.7. The Kier molecular flexibility index (Phi) is 5.12. The molecule has 2 unspecified atom stereocenters. The summed E-state index contributed by atoms with van der Waals surface area (Å²) in [6.07, 6.45) is 0. The van der Waals surface area contributed by atoms with Crippen molar-refractivity contribution in [1.82, 2.24) is 5.32 Å². The van der Waals surface area contributed by atoms with Crippen LogP contribution in [0.25, 0.3) is 0 Å². The van der Waals surface area contributed by atoms with Crippen LogP contribution in [-0.4, -0.2) is 13.1 Å². The molecule has 0 bridgehead atoms. The van der Waals surface area contributed by atoms with E-state index in [1.807, 2.05) is 37.3 Å². The molecule has 0 saturated carbocycles. The SMILES string of the molecule is COC(=O)C(NC(C)c1ccc(C)cc1)c1ccccc1. The average Bonchev–Trinajstić information content (AvgIpc) is 2.53. The quantitative estimate of drug-likeness (QED) is 0.853.